The van der Waals surface area contributed by atoms with Gasteiger partial charge in [-0.2, -0.15) is 0 Å². The molecule has 88 valence electrons. The van der Waals surface area contributed by atoms with Crippen LogP contribution in [-0.4, -0.2) is 38.5 Å². The van der Waals surface area contributed by atoms with Gasteiger partial charge in [-0.05, 0) is 18.8 Å². The molecule has 0 amide bonds. The van der Waals surface area contributed by atoms with Crippen molar-refractivity contribution < 1.29 is 9.47 Å². The second-order valence-electron chi connectivity index (χ2n) is 4.95. The smallest absolute Gasteiger partial charge is 0.104 e. The van der Waals surface area contributed by atoms with Crippen LogP contribution in [0.15, 0.2) is 0 Å². The molecule has 2 rings (SSSR count). The molecule has 2 unspecified atom stereocenters. The van der Waals surface area contributed by atoms with Crippen LogP contribution in [0.25, 0.3) is 0 Å². The van der Waals surface area contributed by atoms with Gasteiger partial charge in [-0.1, -0.05) is 19.8 Å². The Morgan fingerprint density at radius 1 is 1.33 bits per heavy atom. The molecule has 0 aromatic heterocycles. The summed E-state index contributed by atoms with van der Waals surface area (Å²) in [5, 5.41) is 3.59. The van der Waals surface area contributed by atoms with Crippen LogP contribution in [0, 0.1) is 5.92 Å². The third kappa shape index (κ3) is 3.74. The fourth-order valence-corrected chi connectivity index (χ4v) is 2.42. The summed E-state index contributed by atoms with van der Waals surface area (Å²) in [6.45, 7) is 5.77. The van der Waals surface area contributed by atoms with Crippen LogP contribution in [0.5, 0.6) is 0 Å². The van der Waals surface area contributed by atoms with Crippen LogP contribution < -0.4 is 5.32 Å². The third-order valence-electron chi connectivity index (χ3n) is 3.43. The van der Waals surface area contributed by atoms with Crippen molar-refractivity contribution in [2.75, 3.05) is 26.4 Å². The van der Waals surface area contributed by atoms with Crippen molar-refractivity contribution in [3.8, 4) is 0 Å². The fourth-order valence-electron chi connectivity index (χ4n) is 2.42. The molecule has 0 aromatic carbocycles. The molecular weight excluding hydrogens is 190 g/mol. The van der Waals surface area contributed by atoms with E-state index in [9.17, 15) is 0 Å². The molecular formula is C12H23NO2. The van der Waals surface area contributed by atoms with Crippen molar-refractivity contribution in [1.82, 2.24) is 5.32 Å². The lowest BCUT2D eigenvalue weighted by molar-refractivity contribution is -0.128. The maximum absolute atomic E-state index is 5.61. The van der Waals surface area contributed by atoms with Crippen molar-refractivity contribution in [2.24, 2.45) is 5.92 Å². The first kappa shape index (κ1) is 11.4. The minimum absolute atomic E-state index is 0.372. The first-order chi connectivity index (χ1) is 7.34. The number of hydrogen-bond donors (Lipinski definition) is 1. The second-order valence-corrected chi connectivity index (χ2v) is 4.95. The molecule has 1 saturated carbocycles. The van der Waals surface area contributed by atoms with Gasteiger partial charge < -0.3 is 14.8 Å². The molecule has 1 aliphatic heterocycles. The second kappa shape index (κ2) is 5.83. The van der Waals surface area contributed by atoms with Crippen molar-refractivity contribution in [3.05, 3.63) is 0 Å². The molecule has 2 fully saturated rings. The normalized spacial score (nSPS) is 32.6. The average Bonchev–Trinajstić information content (AvgIpc) is 2.15. The summed E-state index contributed by atoms with van der Waals surface area (Å²) in [5.74, 6) is 0.900. The molecule has 2 aliphatic rings. The molecule has 1 heterocycles. The minimum Gasteiger partial charge on any atom is -0.376 e. The first-order valence-electron chi connectivity index (χ1n) is 6.27. The standard InChI is InChI=1S/C12H23NO2/c1-10-3-2-4-11(7-10)13-5-6-15-12-8-14-9-12/h10-13H,2-9H2,1H3. The van der Waals surface area contributed by atoms with E-state index in [0.717, 1.165) is 38.3 Å². The van der Waals surface area contributed by atoms with E-state index in [2.05, 4.69) is 12.2 Å². The van der Waals surface area contributed by atoms with Gasteiger partial charge in [0.1, 0.15) is 6.10 Å². The van der Waals surface area contributed by atoms with E-state index in [1.165, 1.54) is 25.7 Å². The van der Waals surface area contributed by atoms with Crippen LogP contribution in [0.1, 0.15) is 32.6 Å². The zero-order valence-electron chi connectivity index (χ0n) is 9.71. The Bertz CT molecular complexity index is 182. The maximum Gasteiger partial charge on any atom is 0.104 e. The molecule has 0 bridgehead atoms. The van der Waals surface area contributed by atoms with Gasteiger partial charge in [0.05, 0.1) is 19.8 Å². The summed E-state index contributed by atoms with van der Waals surface area (Å²) in [6.07, 6.45) is 5.85. The van der Waals surface area contributed by atoms with Crippen molar-refractivity contribution in [1.29, 1.82) is 0 Å². The van der Waals surface area contributed by atoms with E-state index in [1.807, 2.05) is 0 Å². The fraction of sp³-hybridized carbons (Fsp3) is 1.00. The van der Waals surface area contributed by atoms with E-state index < -0.39 is 0 Å². The van der Waals surface area contributed by atoms with Gasteiger partial charge in [-0.15, -0.1) is 0 Å². The highest BCUT2D eigenvalue weighted by Gasteiger charge is 2.20. The number of hydrogen-bond acceptors (Lipinski definition) is 3. The third-order valence-corrected chi connectivity index (χ3v) is 3.43. The molecule has 2 atom stereocenters. The predicted octanol–water partition coefficient (Wildman–Crippen LogP) is 1.57. The zero-order chi connectivity index (χ0) is 10.5. The van der Waals surface area contributed by atoms with Crippen LogP contribution in [0.3, 0.4) is 0 Å². The molecule has 3 heteroatoms. The van der Waals surface area contributed by atoms with Gasteiger partial charge in [0.25, 0.3) is 0 Å². The Kier molecular flexibility index (Phi) is 4.42. The number of ether oxygens (including phenoxy) is 2. The minimum atomic E-state index is 0.372. The Morgan fingerprint density at radius 3 is 2.87 bits per heavy atom. The summed E-state index contributed by atoms with van der Waals surface area (Å²) >= 11 is 0. The summed E-state index contributed by atoms with van der Waals surface area (Å²) in [7, 11) is 0. The Morgan fingerprint density at radius 2 is 2.20 bits per heavy atom. The average molecular weight is 213 g/mol. The molecule has 1 N–H and O–H groups in total. The largest absolute Gasteiger partial charge is 0.376 e. The highest BCUT2D eigenvalue weighted by molar-refractivity contribution is 4.75. The van der Waals surface area contributed by atoms with Gasteiger partial charge in [0.2, 0.25) is 0 Å². The SMILES string of the molecule is CC1CCCC(NCCOC2COC2)C1. The lowest BCUT2D eigenvalue weighted by Gasteiger charge is -2.29. The lowest BCUT2D eigenvalue weighted by Crippen LogP contribution is -2.40. The Hall–Kier alpha value is -0.120. The molecule has 0 aromatic rings. The molecule has 0 spiro atoms. The maximum atomic E-state index is 5.61. The van der Waals surface area contributed by atoms with Crippen LogP contribution in [0.4, 0.5) is 0 Å². The molecule has 0 radical (unpaired) electrons. The van der Waals surface area contributed by atoms with Gasteiger partial charge in [-0.25, -0.2) is 0 Å². The summed E-state index contributed by atoms with van der Waals surface area (Å²) < 4.78 is 10.7. The van der Waals surface area contributed by atoms with E-state index >= 15 is 0 Å². The van der Waals surface area contributed by atoms with Crippen molar-refractivity contribution in [3.63, 3.8) is 0 Å². The molecule has 1 aliphatic carbocycles. The monoisotopic (exact) mass is 213 g/mol. The highest BCUT2D eigenvalue weighted by atomic mass is 16.6. The topological polar surface area (TPSA) is 30.5 Å². The van der Waals surface area contributed by atoms with Gasteiger partial charge in [-0.3, -0.25) is 0 Å². The molecule has 3 nitrogen and oxygen atoms in total. The van der Waals surface area contributed by atoms with Gasteiger partial charge >= 0.3 is 0 Å². The Labute approximate surface area is 92.5 Å². The van der Waals surface area contributed by atoms with Crippen molar-refractivity contribution in [2.45, 2.75) is 44.8 Å². The van der Waals surface area contributed by atoms with Crippen molar-refractivity contribution >= 4 is 0 Å². The summed E-state index contributed by atoms with van der Waals surface area (Å²) in [6, 6.07) is 0.731. The highest BCUT2D eigenvalue weighted by Crippen LogP contribution is 2.23. The molecule has 1 saturated heterocycles. The number of nitrogens with one attached hydrogen (secondary N) is 1. The van der Waals surface area contributed by atoms with Crippen LogP contribution in [-0.2, 0) is 9.47 Å². The summed E-state index contributed by atoms with van der Waals surface area (Å²) in [4.78, 5) is 0. The van der Waals surface area contributed by atoms with Gasteiger partial charge in [0.15, 0.2) is 0 Å². The molecule has 15 heavy (non-hydrogen) atoms. The zero-order valence-corrected chi connectivity index (χ0v) is 9.71. The summed E-state index contributed by atoms with van der Waals surface area (Å²) in [5.41, 5.74) is 0. The van der Waals surface area contributed by atoms with E-state index in [0.29, 0.717) is 6.10 Å². The van der Waals surface area contributed by atoms with Crippen LogP contribution in [0.2, 0.25) is 0 Å². The van der Waals surface area contributed by atoms with Crippen LogP contribution >= 0.6 is 0 Å². The number of rotatable bonds is 5. The van der Waals surface area contributed by atoms with E-state index in [1.54, 1.807) is 0 Å². The Balaban J connectivity index is 1.49. The lowest BCUT2D eigenvalue weighted by atomic mass is 9.87. The van der Waals surface area contributed by atoms with E-state index in [-0.39, 0.29) is 0 Å². The first-order valence-corrected chi connectivity index (χ1v) is 6.27. The predicted molar refractivity (Wildman–Crippen MR) is 60.0 cm³/mol. The van der Waals surface area contributed by atoms with E-state index in [4.69, 9.17) is 9.47 Å². The van der Waals surface area contributed by atoms with Gasteiger partial charge in [0, 0.05) is 12.6 Å². The quantitative estimate of drug-likeness (QED) is 0.703.